The van der Waals surface area contributed by atoms with Crippen molar-refractivity contribution in [1.82, 2.24) is 5.32 Å². The predicted molar refractivity (Wildman–Crippen MR) is 60.0 cm³/mol. The summed E-state index contributed by atoms with van der Waals surface area (Å²) in [4.78, 5) is 11.5. The van der Waals surface area contributed by atoms with E-state index in [2.05, 4.69) is 21.2 Å². The Balaban J connectivity index is 1.85. The van der Waals surface area contributed by atoms with Gasteiger partial charge in [0.05, 0.1) is 9.33 Å². The van der Waals surface area contributed by atoms with E-state index in [9.17, 15) is 4.79 Å². The average Bonchev–Trinajstić information content (AvgIpc) is 2.76. The number of carbonyl (C=O) groups is 1. The van der Waals surface area contributed by atoms with Crippen LogP contribution in [0.3, 0.4) is 0 Å². The summed E-state index contributed by atoms with van der Waals surface area (Å²) in [7, 11) is 0. The molecule has 1 amide bonds. The molecule has 5 heteroatoms. The summed E-state index contributed by atoms with van der Waals surface area (Å²) in [5, 5.41) is 4.85. The summed E-state index contributed by atoms with van der Waals surface area (Å²) < 4.78 is 1.08. The zero-order chi connectivity index (χ0) is 10.2. The van der Waals surface area contributed by atoms with Crippen molar-refractivity contribution >= 4 is 33.2 Å². The van der Waals surface area contributed by atoms with E-state index < -0.39 is 5.54 Å². The molecule has 0 aromatic carbocycles. The molecule has 2 rings (SSSR count). The number of hydrogen-bond acceptors (Lipinski definition) is 3. The quantitative estimate of drug-likeness (QED) is 0.880. The first-order valence-electron chi connectivity index (χ1n) is 4.40. The molecule has 0 unspecified atom stereocenters. The smallest absolute Gasteiger partial charge is 0.240 e. The number of amides is 1. The van der Waals surface area contributed by atoms with Crippen LogP contribution in [0.1, 0.15) is 18.4 Å². The van der Waals surface area contributed by atoms with Crippen LogP contribution in [0.2, 0.25) is 0 Å². The fourth-order valence-electron chi connectivity index (χ4n) is 1.16. The molecule has 76 valence electrons. The van der Waals surface area contributed by atoms with Gasteiger partial charge in [0.2, 0.25) is 5.91 Å². The van der Waals surface area contributed by atoms with Gasteiger partial charge in [-0.3, -0.25) is 4.79 Å². The molecule has 0 atom stereocenters. The van der Waals surface area contributed by atoms with Crippen molar-refractivity contribution in [2.24, 2.45) is 5.73 Å². The van der Waals surface area contributed by atoms with Crippen LogP contribution in [0, 0.1) is 0 Å². The Labute approximate surface area is 94.8 Å². The van der Waals surface area contributed by atoms with E-state index in [1.54, 1.807) is 11.3 Å². The lowest BCUT2D eigenvalue weighted by molar-refractivity contribution is -0.123. The fraction of sp³-hybridized carbons (Fsp3) is 0.444. The monoisotopic (exact) mass is 274 g/mol. The molecule has 1 fully saturated rings. The maximum atomic E-state index is 11.5. The van der Waals surface area contributed by atoms with E-state index in [1.165, 1.54) is 0 Å². The van der Waals surface area contributed by atoms with Crippen LogP contribution in [-0.2, 0) is 11.3 Å². The van der Waals surface area contributed by atoms with Gasteiger partial charge in [-0.05, 0) is 45.8 Å². The number of nitrogens with two attached hydrogens (primary N) is 1. The van der Waals surface area contributed by atoms with E-state index in [4.69, 9.17) is 5.73 Å². The molecule has 3 nitrogen and oxygen atoms in total. The molecule has 1 aliphatic rings. The number of hydrogen-bond donors (Lipinski definition) is 2. The molecule has 0 saturated heterocycles. The number of thiophene rings is 1. The largest absolute Gasteiger partial charge is 0.350 e. The van der Waals surface area contributed by atoms with Crippen LogP contribution in [-0.4, -0.2) is 11.4 Å². The molecule has 0 radical (unpaired) electrons. The van der Waals surface area contributed by atoms with Crippen LogP contribution in [0.5, 0.6) is 0 Å². The maximum absolute atomic E-state index is 11.5. The molecular formula is C9H11BrN2OS. The standard InChI is InChI=1S/C9H11BrN2OS/c10-7-3-6(5-14-7)4-12-8(13)9(11)1-2-9/h3,5H,1-2,4,11H2,(H,12,13). The van der Waals surface area contributed by atoms with Crippen molar-refractivity contribution < 1.29 is 4.79 Å². The van der Waals surface area contributed by atoms with Crippen molar-refractivity contribution in [2.45, 2.75) is 24.9 Å². The molecule has 1 aromatic heterocycles. The molecule has 0 bridgehead atoms. The Morgan fingerprint density at radius 2 is 2.43 bits per heavy atom. The first kappa shape index (κ1) is 10.1. The molecule has 1 aromatic rings. The summed E-state index contributed by atoms with van der Waals surface area (Å²) in [6.07, 6.45) is 1.62. The molecular weight excluding hydrogens is 264 g/mol. The summed E-state index contributed by atoms with van der Waals surface area (Å²) >= 11 is 4.99. The number of rotatable bonds is 3. The van der Waals surface area contributed by atoms with Gasteiger partial charge in [-0.15, -0.1) is 11.3 Å². The topological polar surface area (TPSA) is 55.1 Å². The Kier molecular flexibility index (Phi) is 2.64. The number of nitrogens with one attached hydrogen (secondary N) is 1. The third-order valence-corrected chi connectivity index (χ3v) is 3.87. The van der Waals surface area contributed by atoms with Gasteiger partial charge in [0, 0.05) is 6.54 Å². The molecule has 1 saturated carbocycles. The van der Waals surface area contributed by atoms with Gasteiger partial charge in [-0.2, -0.15) is 0 Å². The van der Waals surface area contributed by atoms with Crippen molar-refractivity contribution in [1.29, 1.82) is 0 Å². The Morgan fingerprint density at radius 3 is 2.93 bits per heavy atom. The van der Waals surface area contributed by atoms with Gasteiger partial charge >= 0.3 is 0 Å². The first-order valence-corrected chi connectivity index (χ1v) is 6.07. The minimum atomic E-state index is -0.562. The highest BCUT2D eigenvalue weighted by molar-refractivity contribution is 9.11. The van der Waals surface area contributed by atoms with Crippen molar-refractivity contribution in [3.8, 4) is 0 Å². The molecule has 1 aliphatic carbocycles. The second-order valence-electron chi connectivity index (χ2n) is 3.60. The molecule has 1 heterocycles. The van der Waals surface area contributed by atoms with Gasteiger partial charge in [-0.25, -0.2) is 0 Å². The van der Waals surface area contributed by atoms with E-state index in [-0.39, 0.29) is 5.91 Å². The molecule has 0 spiro atoms. The zero-order valence-electron chi connectivity index (χ0n) is 7.55. The van der Waals surface area contributed by atoms with E-state index in [1.807, 2.05) is 11.4 Å². The summed E-state index contributed by atoms with van der Waals surface area (Å²) in [5.74, 6) is -0.0279. The number of halogens is 1. The summed E-state index contributed by atoms with van der Waals surface area (Å²) in [6.45, 7) is 0.569. The van der Waals surface area contributed by atoms with Crippen LogP contribution in [0.15, 0.2) is 15.2 Å². The minimum absolute atomic E-state index is 0.0279. The molecule has 14 heavy (non-hydrogen) atoms. The molecule has 0 aliphatic heterocycles. The number of carbonyl (C=O) groups excluding carboxylic acids is 1. The highest BCUT2D eigenvalue weighted by Gasteiger charge is 2.45. The third-order valence-electron chi connectivity index (χ3n) is 2.32. The van der Waals surface area contributed by atoms with Gasteiger partial charge in [0.1, 0.15) is 0 Å². The van der Waals surface area contributed by atoms with Crippen molar-refractivity contribution in [3.63, 3.8) is 0 Å². The lowest BCUT2D eigenvalue weighted by atomic mass is 10.2. The SMILES string of the molecule is NC1(C(=O)NCc2csc(Br)c2)CC1. The summed E-state index contributed by atoms with van der Waals surface area (Å²) in [5.41, 5.74) is 6.29. The zero-order valence-corrected chi connectivity index (χ0v) is 9.95. The van der Waals surface area contributed by atoms with E-state index in [0.29, 0.717) is 6.54 Å². The maximum Gasteiger partial charge on any atom is 0.240 e. The van der Waals surface area contributed by atoms with Crippen LogP contribution < -0.4 is 11.1 Å². The normalized spacial score (nSPS) is 17.9. The van der Waals surface area contributed by atoms with Gasteiger partial charge < -0.3 is 11.1 Å². The molecule has 3 N–H and O–H groups in total. The third kappa shape index (κ3) is 2.16. The Hall–Kier alpha value is -0.390. The Morgan fingerprint density at radius 1 is 1.71 bits per heavy atom. The second-order valence-corrected chi connectivity index (χ2v) is 5.89. The van der Waals surface area contributed by atoms with Gasteiger partial charge in [-0.1, -0.05) is 0 Å². The Bertz CT molecular complexity index is 359. The van der Waals surface area contributed by atoms with Crippen LogP contribution >= 0.6 is 27.3 Å². The van der Waals surface area contributed by atoms with Gasteiger partial charge in [0.15, 0.2) is 0 Å². The van der Waals surface area contributed by atoms with Crippen LogP contribution in [0.25, 0.3) is 0 Å². The summed E-state index contributed by atoms with van der Waals surface area (Å²) in [6, 6.07) is 2.00. The lowest BCUT2D eigenvalue weighted by Gasteiger charge is -2.08. The first-order chi connectivity index (χ1) is 6.60. The van der Waals surface area contributed by atoms with Crippen molar-refractivity contribution in [2.75, 3.05) is 0 Å². The van der Waals surface area contributed by atoms with Crippen LogP contribution in [0.4, 0.5) is 0 Å². The van der Waals surface area contributed by atoms with Crippen molar-refractivity contribution in [3.05, 3.63) is 20.8 Å². The predicted octanol–water partition coefficient (Wildman–Crippen LogP) is 1.62. The fourth-order valence-corrected chi connectivity index (χ4v) is 2.37. The van der Waals surface area contributed by atoms with E-state index in [0.717, 1.165) is 22.2 Å². The lowest BCUT2D eigenvalue weighted by Crippen LogP contribution is -2.42. The average molecular weight is 275 g/mol. The second kappa shape index (κ2) is 3.64. The van der Waals surface area contributed by atoms with E-state index >= 15 is 0 Å². The minimum Gasteiger partial charge on any atom is -0.350 e. The highest BCUT2D eigenvalue weighted by atomic mass is 79.9. The highest BCUT2D eigenvalue weighted by Crippen LogP contribution is 2.32. The van der Waals surface area contributed by atoms with Gasteiger partial charge in [0.25, 0.3) is 0 Å².